The minimum atomic E-state index is 0.648. The number of nitrogens with zero attached hydrogens (tertiary/aromatic N) is 1. The van der Waals surface area contributed by atoms with Crippen LogP contribution in [0.1, 0.15) is 51.9 Å². The SMILES string of the molecule is CCCNC1CCC(N2CC3(CCOCC3)C2)CC1. The molecule has 3 rings (SSSR count). The van der Waals surface area contributed by atoms with E-state index in [1.165, 1.54) is 64.6 Å². The summed E-state index contributed by atoms with van der Waals surface area (Å²) in [6.07, 6.45) is 9.46. The van der Waals surface area contributed by atoms with Crippen molar-refractivity contribution in [3.8, 4) is 0 Å². The first-order chi connectivity index (χ1) is 9.31. The fourth-order valence-corrected chi connectivity index (χ4v) is 4.19. The summed E-state index contributed by atoms with van der Waals surface area (Å²) in [6, 6.07) is 1.68. The van der Waals surface area contributed by atoms with Gasteiger partial charge in [-0.2, -0.15) is 0 Å². The minimum absolute atomic E-state index is 0.648. The number of hydrogen-bond acceptors (Lipinski definition) is 3. The Morgan fingerprint density at radius 1 is 1.11 bits per heavy atom. The normalized spacial score (nSPS) is 35.2. The van der Waals surface area contributed by atoms with E-state index in [1.807, 2.05) is 0 Å². The molecule has 1 spiro atoms. The summed E-state index contributed by atoms with van der Waals surface area (Å²) in [5, 5.41) is 3.69. The summed E-state index contributed by atoms with van der Waals surface area (Å²) in [5.41, 5.74) is 0.648. The van der Waals surface area contributed by atoms with Crippen molar-refractivity contribution in [2.45, 2.75) is 64.0 Å². The van der Waals surface area contributed by atoms with Gasteiger partial charge in [0.1, 0.15) is 0 Å². The summed E-state index contributed by atoms with van der Waals surface area (Å²) in [4.78, 5) is 2.77. The maximum Gasteiger partial charge on any atom is 0.0472 e. The second-order valence-corrected chi connectivity index (χ2v) is 6.98. The van der Waals surface area contributed by atoms with Crippen LogP contribution < -0.4 is 5.32 Å². The van der Waals surface area contributed by atoms with E-state index in [0.717, 1.165) is 25.3 Å². The van der Waals surface area contributed by atoms with Gasteiger partial charge in [0, 0.05) is 43.8 Å². The Morgan fingerprint density at radius 2 is 1.79 bits per heavy atom. The first-order valence-corrected chi connectivity index (χ1v) is 8.36. The molecule has 110 valence electrons. The molecule has 2 saturated heterocycles. The van der Waals surface area contributed by atoms with Crippen molar-refractivity contribution < 1.29 is 4.74 Å². The van der Waals surface area contributed by atoms with Crippen LogP contribution in [0.5, 0.6) is 0 Å². The van der Waals surface area contributed by atoms with Gasteiger partial charge in [0.15, 0.2) is 0 Å². The monoisotopic (exact) mass is 266 g/mol. The molecule has 3 heteroatoms. The van der Waals surface area contributed by atoms with Gasteiger partial charge in [0.05, 0.1) is 0 Å². The Kier molecular flexibility index (Phi) is 4.45. The van der Waals surface area contributed by atoms with Gasteiger partial charge in [0.25, 0.3) is 0 Å². The van der Waals surface area contributed by atoms with Crippen molar-refractivity contribution in [1.29, 1.82) is 0 Å². The van der Waals surface area contributed by atoms with Crippen molar-refractivity contribution in [1.82, 2.24) is 10.2 Å². The summed E-state index contributed by atoms with van der Waals surface area (Å²) in [7, 11) is 0. The van der Waals surface area contributed by atoms with Gasteiger partial charge in [0.2, 0.25) is 0 Å². The Hall–Kier alpha value is -0.120. The highest BCUT2D eigenvalue weighted by atomic mass is 16.5. The predicted molar refractivity (Wildman–Crippen MR) is 78.4 cm³/mol. The second kappa shape index (κ2) is 6.11. The smallest absolute Gasteiger partial charge is 0.0472 e. The van der Waals surface area contributed by atoms with Crippen LogP contribution in [0.3, 0.4) is 0 Å². The molecule has 0 aromatic rings. The summed E-state index contributed by atoms with van der Waals surface area (Å²) >= 11 is 0. The van der Waals surface area contributed by atoms with Gasteiger partial charge in [-0.25, -0.2) is 0 Å². The largest absolute Gasteiger partial charge is 0.381 e. The third-order valence-electron chi connectivity index (χ3n) is 5.53. The summed E-state index contributed by atoms with van der Waals surface area (Å²) in [5.74, 6) is 0. The van der Waals surface area contributed by atoms with Crippen LogP contribution in [0.2, 0.25) is 0 Å². The molecule has 1 aliphatic carbocycles. The Labute approximate surface area is 118 Å². The van der Waals surface area contributed by atoms with Gasteiger partial charge >= 0.3 is 0 Å². The first-order valence-electron chi connectivity index (χ1n) is 8.36. The Bertz CT molecular complexity index is 272. The molecule has 0 unspecified atom stereocenters. The van der Waals surface area contributed by atoms with Crippen LogP contribution in [-0.4, -0.2) is 49.8 Å². The van der Waals surface area contributed by atoms with Crippen molar-refractivity contribution >= 4 is 0 Å². The standard InChI is InChI=1S/C16H30N2O/c1-2-9-17-14-3-5-15(6-4-14)18-12-16(13-18)7-10-19-11-8-16/h14-15,17H,2-13H2,1H3. The minimum Gasteiger partial charge on any atom is -0.381 e. The lowest BCUT2D eigenvalue weighted by atomic mass is 9.71. The lowest BCUT2D eigenvalue weighted by molar-refractivity contribution is -0.102. The quantitative estimate of drug-likeness (QED) is 0.846. The molecule has 1 N–H and O–H groups in total. The van der Waals surface area contributed by atoms with Crippen molar-refractivity contribution in [2.24, 2.45) is 5.41 Å². The molecule has 3 fully saturated rings. The van der Waals surface area contributed by atoms with Crippen molar-refractivity contribution in [3.05, 3.63) is 0 Å². The lowest BCUT2D eigenvalue weighted by Gasteiger charge is -2.56. The first kappa shape index (κ1) is 13.8. The molecule has 0 amide bonds. The van der Waals surface area contributed by atoms with E-state index < -0.39 is 0 Å². The third-order valence-corrected chi connectivity index (χ3v) is 5.53. The fraction of sp³-hybridized carbons (Fsp3) is 1.00. The van der Waals surface area contributed by atoms with Crippen LogP contribution in [0, 0.1) is 5.41 Å². The van der Waals surface area contributed by atoms with E-state index >= 15 is 0 Å². The number of nitrogens with one attached hydrogen (secondary N) is 1. The zero-order valence-corrected chi connectivity index (χ0v) is 12.5. The zero-order valence-electron chi connectivity index (χ0n) is 12.5. The van der Waals surface area contributed by atoms with E-state index in [1.54, 1.807) is 0 Å². The van der Waals surface area contributed by atoms with Crippen molar-refractivity contribution in [3.63, 3.8) is 0 Å². The van der Waals surface area contributed by atoms with Gasteiger partial charge in [-0.15, -0.1) is 0 Å². The number of ether oxygens (including phenoxy) is 1. The fourth-order valence-electron chi connectivity index (χ4n) is 4.19. The number of likely N-dealkylation sites (tertiary alicyclic amines) is 1. The van der Waals surface area contributed by atoms with Crippen molar-refractivity contribution in [2.75, 3.05) is 32.8 Å². The highest BCUT2D eigenvalue weighted by Crippen LogP contribution is 2.42. The van der Waals surface area contributed by atoms with Crippen LogP contribution in [-0.2, 0) is 4.74 Å². The maximum absolute atomic E-state index is 5.51. The molecule has 3 aliphatic rings. The molecule has 0 aromatic heterocycles. The second-order valence-electron chi connectivity index (χ2n) is 6.98. The molecular weight excluding hydrogens is 236 g/mol. The van der Waals surface area contributed by atoms with Gasteiger partial charge in [-0.05, 0) is 51.5 Å². The highest BCUT2D eigenvalue weighted by molar-refractivity contribution is 4.99. The Balaban J connectivity index is 1.39. The average molecular weight is 266 g/mol. The topological polar surface area (TPSA) is 24.5 Å². The van der Waals surface area contributed by atoms with E-state index in [-0.39, 0.29) is 0 Å². The lowest BCUT2D eigenvalue weighted by Crippen LogP contribution is -2.62. The number of hydrogen-bond donors (Lipinski definition) is 1. The molecule has 0 radical (unpaired) electrons. The number of rotatable bonds is 4. The van der Waals surface area contributed by atoms with E-state index in [0.29, 0.717) is 5.41 Å². The molecular formula is C16H30N2O. The predicted octanol–water partition coefficient (Wildman–Crippen LogP) is 2.41. The summed E-state index contributed by atoms with van der Waals surface area (Å²) < 4.78 is 5.51. The van der Waals surface area contributed by atoms with E-state index in [2.05, 4.69) is 17.1 Å². The molecule has 19 heavy (non-hydrogen) atoms. The van der Waals surface area contributed by atoms with Crippen LogP contribution in [0.15, 0.2) is 0 Å². The highest BCUT2D eigenvalue weighted by Gasteiger charge is 2.46. The molecule has 2 heterocycles. The van der Waals surface area contributed by atoms with E-state index in [9.17, 15) is 0 Å². The zero-order chi connectivity index (χ0) is 13.1. The van der Waals surface area contributed by atoms with Gasteiger partial charge in [-0.1, -0.05) is 6.92 Å². The molecule has 3 nitrogen and oxygen atoms in total. The Morgan fingerprint density at radius 3 is 2.42 bits per heavy atom. The molecule has 0 atom stereocenters. The van der Waals surface area contributed by atoms with E-state index in [4.69, 9.17) is 4.74 Å². The van der Waals surface area contributed by atoms with Crippen LogP contribution in [0.4, 0.5) is 0 Å². The summed E-state index contributed by atoms with van der Waals surface area (Å²) in [6.45, 7) is 8.17. The maximum atomic E-state index is 5.51. The molecule has 0 aromatic carbocycles. The van der Waals surface area contributed by atoms with Gasteiger partial charge < -0.3 is 10.1 Å². The third kappa shape index (κ3) is 3.14. The van der Waals surface area contributed by atoms with Gasteiger partial charge in [-0.3, -0.25) is 4.90 Å². The average Bonchev–Trinajstić information content (AvgIpc) is 2.44. The van der Waals surface area contributed by atoms with Crippen LogP contribution >= 0.6 is 0 Å². The molecule has 2 aliphatic heterocycles. The molecule has 1 saturated carbocycles. The molecule has 0 bridgehead atoms. The van der Waals surface area contributed by atoms with Crippen LogP contribution in [0.25, 0.3) is 0 Å².